The second kappa shape index (κ2) is 2.18. The highest BCUT2D eigenvalue weighted by Gasteiger charge is 1.96. The van der Waals surface area contributed by atoms with Gasteiger partial charge in [-0.05, 0) is 17.3 Å². The summed E-state index contributed by atoms with van der Waals surface area (Å²) < 4.78 is 5.50. The van der Waals surface area contributed by atoms with Gasteiger partial charge in [-0.3, -0.25) is 4.57 Å². The Hall–Kier alpha value is -1.23. The minimum atomic E-state index is 0.796. The second-order valence-electron chi connectivity index (χ2n) is 1.74. The van der Waals surface area contributed by atoms with Gasteiger partial charge in [0.15, 0.2) is 0 Å². The molecule has 0 saturated heterocycles. The van der Waals surface area contributed by atoms with E-state index in [1.807, 2.05) is 29.1 Å². The van der Waals surface area contributed by atoms with Crippen molar-refractivity contribution in [3.05, 3.63) is 24.5 Å². The van der Waals surface area contributed by atoms with E-state index in [1.54, 1.807) is 0 Å². The monoisotopic (exact) mass is 152 g/mol. The van der Waals surface area contributed by atoms with Gasteiger partial charge in [-0.25, -0.2) is 0 Å². The van der Waals surface area contributed by atoms with Gasteiger partial charge in [-0.1, -0.05) is 9.59 Å². The first-order valence-corrected chi connectivity index (χ1v) is 3.52. The molecule has 0 unspecified atom stereocenters. The molecule has 0 fully saturated rings. The van der Waals surface area contributed by atoms with Crippen LogP contribution in [0.25, 0.3) is 5.13 Å². The Kier molecular flexibility index (Phi) is 1.21. The van der Waals surface area contributed by atoms with E-state index in [4.69, 9.17) is 0 Å². The Bertz CT molecular complexity index is 253. The van der Waals surface area contributed by atoms with Crippen LogP contribution in [-0.4, -0.2) is 19.4 Å². The minimum absolute atomic E-state index is 0.796. The summed E-state index contributed by atoms with van der Waals surface area (Å²) in [5.41, 5.74) is 0. The van der Waals surface area contributed by atoms with Crippen LogP contribution in [0.5, 0.6) is 0 Å². The molecule has 0 aliphatic rings. The summed E-state index contributed by atoms with van der Waals surface area (Å²) in [5.74, 6) is 0. The van der Waals surface area contributed by atoms with Gasteiger partial charge in [0.25, 0.3) is 0 Å². The van der Waals surface area contributed by atoms with Crippen LogP contribution < -0.4 is 0 Å². The lowest BCUT2D eigenvalue weighted by atomic mass is 10.7. The third-order valence-corrected chi connectivity index (χ3v) is 1.73. The molecular weight excluding hydrogens is 148 g/mol. The predicted molar refractivity (Wildman–Crippen MR) is 37.0 cm³/mol. The molecule has 0 radical (unpaired) electrons. The van der Waals surface area contributed by atoms with Crippen molar-refractivity contribution in [3.8, 4) is 5.13 Å². The smallest absolute Gasteiger partial charge is 0.235 e. The molecule has 0 aromatic carbocycles. The van der Waals surface area contributed by atoms with Gasteiger partial charge in [0.05, 0.1) is 0 Å². The lowest BCUT2D eigenvalue weighted by Gasteiger charge is -1.88. The molecule has 0 aliphatic heterocycles. The number of hydrogen-bond acceptors (Lipinski definition) is 4. The average Bonchev–Trinajstić information content (AvgIpc) is 2.59. The fourth-order valence-electron chi connectivity index (χ4n) is 0.690. The zero-order valence-electron chi connectivity index (χ0n) is 5.01. The van der Waals surface area contributed by atoms with Gasteiger partial charge < -0.3 is 0 Å². The van der Waals surface area contributed by atoms with Crippen molar-refractivity contribution in [1.82, 2.24) is 19.4 Å². The van der Waals surface area contributed by atoms with E-state index in [2.05, 4.69) is 14.8 Å². The molecule has 0 atom stereocenters. The van der Waals surface area contributed by atoms with E-state index < -0.39 is 0 Å². The third kappa shape index (κ3) is 0.801. The molecule has 0 spiro atoms. The highest BCUT2D eigenvalue weighted by Crippen LogP contribution is 2.05. The first kappa shape index (κ1) is 5.55. The molecule has 0 saturated carbocycles. The molecule has 2 aromatic rings. The topological polar surface area (TPSA) is 43.6 Å². The van der Waals surface area contributed by atoms with Crippen molar-refractivity contribution in [2.24, 2.45) is 0 Å². The molecule has 0 bridgehead atoms. The van der Waals surface area contributed by atoms with E-state index in [0.29, 0.717) is 0 Å². The maximum absolute atomic E-state index is 3.78. The van der Waals surface area contributed by atoms with Crippen molar-refractivity contribution >= 4 is 11.5 Å². The van der Waals surface area contributed by atoms with Crippen LogP contribution in [0.3, 0.4) is 0 Å². The van der Waals surface area contributed by atoms with Crippen LogP contribution in [0.1, 0.15) is 0 Å². The van der Waals surface area contributed by atoms with Gasteiger partial charge in [-0.2, -0.15) is 0 Å². The van der Waals surface area contributed by atoms with E-state index in [0.717, 1.165) is 5.13 Å². The predicted octanol–water partition coefficient (Wildman–Crippen LogP) is 0.724. The van der Waals surface area contributed by atoms with Crippen LogP contribution in [0, 0.1) is 0 Å². The third-order valence-electron chi connectivity index (χ3n) is 1.11. The van der Waals surface area contributed by atoms with Crippen molar-refractivity contribution in [3.63, 3.8) is 0 Å². The Balaban J connectivity index is 2.48. The molecule has 10 heavy (non-hydrogen) atoms. The van der Waals surface area contributed by atoms with Gasteiger partial charge in [0, 0.05) is 23.9 Å². The SMILES string of the molecule is c1ccn(-c2nnns2)c1. The maximum atomic E-state index is 3.78. The van der Waals surface area contributed by atoms with E-state index in [1.165, 1.54) is 11.5 Å². The summed E-state index contributed by atoms with van der Waals surface area (Å²) >= 11 is 1.27. The summed E-state index contributed by atoms with van der Waals surface area (Å²) in [6.07, 6.45) is 3.81. The van der Waals surface area contributed by atoms with Crippen molar-refractivity contribution in [1.29, 1.82) is 0 Å². The molecular formula is C5H4N4S. The summed E-state index contributed by atoms with van der Waals surface area (Å²) in [7, 11) is 0. The summed E-state index contributed by atoms with van der Waals surface area (Å²) in [5, 5.41) is 8.05. The molecule has 0 aliphatic carbocycles. The lowest BCUT2D eigenvalue weighted by molar-refractivity contribution is 0.911. The van der Waals surface area contributed by atoms with Crippen LogP contribution >= 0.6 is 11.5 Å². The van der Waals surface area contributed by atoms with E-state index in [9.17, 15) is 0 Å². The average molecular weight is 152 g/mol. The maximum Gasteiger partial charge on any atom is 0.235 e. The standard InChI is InChI=1S/C5H4N4S/c1-2-4-9(3-1)5-6-7-8-10-5/h1-4H. The second-order valence-corrected chi connectivity index (χ2v) is 2.45. The first-order valence-electron chi connectivity index (χ1n) is 2.75. The molecule has 2 heterocycles. The Morgan fingerprint density at radius 2 is 2.10 bits per heavy atom. The molecule has 2 rings (SSSR count). The van der Waals surface area contributed by atoms with Gasteiger partial charge in [0.1, 0.15) is 0 Å². The van der Waals surface area contributed by atoms with Crippen LogP contribution in [0.4, 0.5) is 0 Å². The zero-order chi connectivity index (χ0) is 6.81. The fraction of sp³-hybridized carbons (Fsp3) is 0. The lowest BCUT2D eigenvalue weighted by Crippen LogP contribution is -1.86. The van der Waals surface area contributed by atoms with Crippen LogP contribution in [0.15, 0.2) is 24.5 Å². The Morgan fingerprint density at radius 1 is 1.30 bits per heavy atom. The molecule has 0 amide bonds. The summed E-state index contributed by atoms with van der Waals surface area (Å²) in [6.45, 7) is 0. The molecule has 2 aromatic heterocycles. The Morgan fingerprint density at radius 3 is 2.70 bits per heavy atom. The van der Waals surface area contributed by atoms with Crippen molar-refractivity contribution < 1.29 is 0 Å². The van der Waals surface area contributed by atoms with Gasteiger partial charge in [-0.15, -0.1) is 0 Å². The Labute approximate surface area is 61.3 Å². The van der Waals surface area contributed by atoms with E-state index in [-0.39, 0.29) is 0 Å². The molecule has 50 valence electrons. The zero-order valence-corrected chi connectivity index (χ0v) is 5.82. The summed E-state index contributed by atoms with van der Waals surface area (Å²) in [4.78, 5) is 0. The fourth-order valence-corrected chi connectivity index (χ4v) is 1.13. The highest BCUT2D eigenvalue weighted by atomic mass is 32.1. The molecule has 4 nitrogen and oxygen atoms in total. The number of aromatic nitrogens is 4. The highest BCUT2D eigenvalue weighted by molar-refractivity contribution is 7.07. The summed E-state index contributed by atoms with van der Waals surface area (Å²) in [6, 6.07) is 3.86. The van der Waals surface area contributed by atoms with Crippen molar-refractivity contribution in [2.45, 2.75) is 0 Å². The number of nitrogens with zero attached hydrogens (tertiary/aromatic N) is 4. The number of hydrogen-bond donors (Lipinski definition) is 0. The van der Waals surface area contributed by atoms with Crippen molar-refractivity contribution in [2.75, 3.05) is 0 Å². The largest absolute Gasteiger partial charge is 0.297 e. The normalized spacial score (nSPS) is 10.0. The quantitative estimate of drug-likeness (QED) is 0.604. The van der Waals surface area contributed by atoms with Crippen LogP contribution in [-0.2, 0) is 0 Å². The molecule has 5 heteroatoms. The van der Waals surface area contributed by atoms with Gasteiger partial charge in [0.2, 0.25) is 5.13 Å². The van der Waals surface area contributed by atoms with Gasteiger partial charge >= 0.3 is 0 Å². The molecule has 0 N–H and O–H groups in total. The minimum Gasteiger partial charge on any atom is -0.297 e. The first-order chi connectivity index (χ1) is 4.97. The number of rotatable bonds is 1. The van der Waals surface area contributed by atoms with Crippen LogP contribution in [0.2, 0.25) is 0 Å². The van der Waals surface area contributed by atoms with E-state index >= 15 is 0 Å².